The van der Waals surface area contributed by atoms with Gasteiger partial charge in [0.05, 0.1) is 11.3 Å². The first-order valence-electron chi connectivity index (χ1n) is 5.86. The molecule has 0 unspecified atom stereocenters. The number of anilines is 1. The molecule has 0 bridgehead atoms. The Morgan fingerprint density at radius 3 is 2.89 bits per heavy atom. The van der Waals surface area contributed by atoms with Gasteiger partial charge in [0.1, 0.15) is 6.26 Å². The van der Waals surface area contributed by atoms with Gasteiger partial charge in [0.25, 0.3) is 11.5 Å². The third-order valence-corrected chi connectivity index (χ3v) is 2.95. The van der Waals surface area contributed by atoms with Crippen LogP contribution in [0.5, 0.6) is 0 Å². The number of carbonyl (C=O) groups excluding carboxylic acids is 1. The van der Waals surface area contributed by atoms with Crippen molar-refractivity contribution in [1.82, 2.24) is 4.57 Å². The van der Waals surface area contributed by atoms with Gasteiger partial charge in [-0.25, -0.2) is 0 Å². The number of pyridine rings is 1. The first-order chi connectivity index (χ1) is 9.10. The van der Waals surface area contributed by atoms with Gasteiger partial charge in [-0.15, -0.1) is 0 Å². The molecular weight excluding hydrogens is 312 g/mol. The normalized spacial score (nSPS) is 10.4. The van der Waals surface area contributed by atoms with E-state index in [0.29, 0.717) is 22.5 Å². The Bertz CT molecular complexity index is 645. The van der Waals surface area contributed by atoms with Gasteiger partial charge in [0, 0.05) is 24.9 Å². The van der Waals surface area contributed by atoms with Gasteiger partial charge >= 0.3 is 0 Å². The smallest absolute Gasteiger partial charge is 0.259 e. The van der Waals surface area contributed by atoms with Crippen LogP contribution < -0.4 is 10.9 Å². The van der Waals surface area contributed by atoms with Crippen molar-refractivity contribution < 1.29 is 9.21 Å². The molecule has 0 aliphatic carbocycles. The van der Waals surface area contributed by atoms with Crippen molar-refractivity contribution in [2.75, 3.05) is 5.32 Å². The average molecular weight is 325 g/mol. The van der Waals surface area contributed by atoms with Gasteiger partial charge in [-0.05, 0) is 28.4 Å². The Morgan fingerprint density at radius 2 is 2.26 bits per heavy atom. The number of halogens is 1. The highest BCUT2D eigenvalue weighted by molar-refractivity contribution is 9.10. The molecular formula is C13H13BrN2O3. The molecule has 0 aromatic carbocycles. The monoisotopic (exact) mass is 324 g/mol. The van der Waals surface area contributed by atoms with E-state index in [1.807, 2.05) is 6.92 Å². The lowest BCUT2D eigenvalue weighted by atomic mass is 10.3. The van der Waals surface area contributed by atoms with Crippen molar-refractivity contribution in [2.45, 2.75) is 19.9 Å². The zero-order valence-corrected chi connectivity index (χ0v) is 11.9. The summed E-state index contributed by atoms with van der Waals surface area (Å²) in [5, 5.41) is 2.72. The van der Waals surface area contributed by atoms with Crippen molar-refractivity contribution in [3.05, 3.63) is 51.2 Å². The summed E-state index contributed by atoms with van der Waals surface area (Å²) >= 11 is 3.14. The molecule has 19 heavy (non-hydrogen) atoms. The number of amides is 1. The highest BCUT2D eigenvalue weighted by Gasteiger charge is 2.10. The van der Waals surface area contributed by atoms with E-state index in [-0.39, 0.29) is 11.5 Å². The molecule has 0 aliphatic rings. The van der Waals surface area contributed by atoms with E-state index in [1.54, 1.807) is 22.9 Å². The molecule has 0 spiro atoms. The molecule has 0 fully saturated rings. The zero-order chi connectivity index (χ0) is 13.8. The second-order valence-electron chi connectivity index (χ2n) is 4.04. The first-order valence-corrected chi connectivity index (χ1v) is 6.65. The van der Waals surface area contributed by atoms with Crippen LogP contribution in [-0.2, 0) is 6.54 Å². The lowest BCUT2D eigenvalue weighted by Crippen LogP contribution is -2.20. The summed E-state index contributed by atoms with van der Waals surface area (Å²) in [7, 11) is 0. The first kappa shape index (κ1) is 13.6. The maximum absolute atomic E-state index is 11.9. The molecule has 0 atom stereocenters. The number of aromatic nitrogens is 1. The Kier molecular flexibility index (Phi) is 4.21. The highest BCUT2D eigenvalue weighted by Crippen LogP contribution is 2.15. The molecule has 6 heteroatoms. The number of hydrogen-bond acceptors (Lipinski definition) is 3. The largest absolute Gasteiger partial charge is 0.457 e. The lowest BCUT2D eigenvalue weighted by Gasteiger charge is -2.07. The number of carbonyl (C=O) groups is 1. The summed E-state index contributed by atoms with van der Waals surface area (Å²) < 4.78 is 7.07. The number of nitrogens with one attached hydrogen (secondary N) is 1. The molecule has 2 aromatic rings. The van der Waals surface area contributed by atoms with Crippen LogP contribution in [0, 0.1) is 0 Å². The molecule has 2 rings (SSSR count). The van der Waals surface area contributed by atoms with Gasteiger partial charge < -0.3 is 14.3 Å². The van der Waals surface area contributed by atoms with E-state index in [9.17, 15) is 9.59 Å². The van der Waals surface area contributed by atoms with Crippen molar-refractivity contribution >= 4 is 27.5 Å². The molecule has 2 heterocycles. The summed E-state index contributed by atoms with van der Waals surface area (Å²) in [5.74, 6) is -0.281. The third-order valence-electron chi connectivity index (χ3n) is 2.54. The molecule has 5 nitrogen and oxygen atoms in total. The molecule has 1 N–H and O–H groups in total. The quantitative estimate of drug-likeness (QED) is 0.940. The second-order valence-corrected chi connectivity index (χ2v) is 4.82. The Balaban J connectivity index is 2.17. The topological polar surface area (TPSA) is 64.2 Å². The van der Waals surface area contributed by atoms with E-state index in [1.165, 1.54) is 12.3 Å². The van der Waals surface area contributed by atoms with Gasteiger partial charge in [-0.1, -0.05) is 6.92 Å². The fourth-order valence-electron chi connectivity index (χ4n) is 1.65. The number of aryl methyl sites for hydroxylation is 1. The number of furan rings is 1. The highest BCUT2D eigenvalue weighted by atomic mass is 79.9. The maximum atomic E-state index is 11.9. The average Bonchev–Trinajstić information content (AvgIpc) is 2.80. The Morgan fingerprint density at radius 1 is 1.47 bits per heavy atom. The van der Waals surface area contributed by atoms with E-state index in [0.717, 1.165) is 6.42 Å². The number of rotatable bonds is 4. The minimum atomic E-state index is -0.281. The number of nitrogens with zero attached hydrogens (tertiary/aromatic N) is 1. The lowest BCUT2D eigenvalue weighted by molar-refractivity contribution is 0.102. The summed E-state index contributed by atoms with van der Waals surface area (Å²) in [6, 6.07) is 4.61. The van der Waals surface area contributed by atoms with Crippen molar-refractivity contribution in [1.29, 1.82) is 0 Å². The summed E-state index contributed by atoms with van der Waals surface area (Å²) in [6.45, 7) is 2.61. The van der Waals surface area contributed by atoms with E-state index in [4.69, 9.17) is 4.42 Å². The molecule has 0 radical (unpaired) electrons. The van der Waals surface area contributed by atoms with Crippen molar-refractivity contribution in [2.24, 2.45) is 0 Å². The molecule has 0 saturated heterocycles. The van der Waals surface area contributed by atoms with Crippen LogP contribution in [0.4, 0.5) is 5.69 Å². The zero-order valence-electron chi connectivity index (χ0n) is 10.4. The molecule has 1 amide bonds. The third kappa shape index (κ3) is 3.35. The van der Waals surface area contributed by atoms with Crippen LogP contribution in [0.15, 0.2) is 44.5 Å². The second kappa shape index (κ2) is 5.88. The van der Waals surface area contributed by atoms with Crippen molar-refractivity contribution in [3.63, 3.8) is 0 Å². The predicted octanol–water partition coefficient (Wildman–Crippen LogP) is 2.87. The molecule has 100 valence electrons. The maximum Gasteiger partial charge on any atom is 0.259 e. The Hall–Kier alpha value is -1.82. The van der Waals surface area contributed by atoms with Gasteiger partial charge in [0.2, 0.25) is 0 Å². The van der Waals surface area contributed by atoms with Gasteiger partial charge in [0.15, 0.2) is 4.67 Å². The predicted molar refractivity (Wildman–Crippen MR) is 75.4 cm³/mol. The molecule has 0 aliphatic heterocycles. The van der Waals surface area contributed by atoms with E-state index >= 15 is 0 Å². The molecule has 2 aromatic heterocycles. The Labute approximate surface area is 118 Å². The van der Waals surface area contributed by atoms with Crippen LogP contribution in [0.1, 0.15) is 23.7 Å². The van der Waals surface area contributed by atoms with Crippen LogP contribution in [0.3, 0.4) is 0 Å². The van der Waals surface area contributed by atoms with Crippen LogP contribution >= 0.6 is 15.9 Å². The fraction of sp³-hybridized carbons (Fsp3) is 0.231. The van der Waals surface area contributed by atoms with Crippen LogP contribution in [0.2, 0.25) is 0 Å². The van der Waals surface area contributed by atoms with Gasteiger partial charge in [-0.3, -0.25) is 9.59 Å². The number of hydrogen-bond donors (Lipinski definition) is 1. The molecule has 0 saturated carbocycles. The van der Waals surface area contributed by atoms with E-state index in [2.05, 4.69) is 21.2 Å². The van der Waals surface area contributed by atoms with Crippen LogP contribution in [0.25, 0.3) is 0 Å². The summed E-state index contributed by atoms with van der Waals surface area (Å²) in [6.07, 6.45) is 3.85. The fourth-order valence-corrected chi connectivity index (χ4v) is 1.99. The minimum Gasteiger partial charge on any atom is -0.457 e. The summed E-state index contributed by atoms with van der Waals surface area (Å²) in [4.78, 5) is 23.5. The minimum absolute atomic E-state index is 0.0779. The SMILES string of the molecule is CCCn1cc(NC(=O)c2coc(Br)c2)ccc1=O. The van der Waals surface area contributed by atoms with Gasteiger partial charge in [-0.2, -0.15) is 0 Å². The van der Waals surface area contributed by atoms with Crippen molar-refractivity contribution in [3.8, 4) is 0 Å². The van der Waals surface area contributed by atoms with E-state index < -0.39 is 0 Å². The van der Waals surface area contributed by atoms with Crippen LogP contribution in [-0.4, -0.2) is 10.5 Å². The summed E-state index contributed by atoms with van der Waals surface area (Å²) in [5.41, 5.74) is 0.918. The standard InChI is InChI=1S/C13H13BrN2O3/c1-2-5-16-7-10(3-4-12(16)17)15-13(18)9-6-11(14)19-8-9/h3-4,6-8H,2,5H2,1H3,(H,15,18).